The van der Waals surface area contributed by atoms with E-state index in [4.69, 9.17) is 16.7 Å². The number of hydrogen-bond acceptors (Lipinski definition) is 6. The molecule has 11 nitrogen and oxygen atoms in total. The Morgan fingerprint density at radius 3 is 2.53 bits per heavy atom. The molecular formula is C23H24N6O5S2. The van der Waals surface area contributed by atoms with Crippen LogP contribution >= 0.6 is 12.2 Å². The molecule has 1 unspecified atom stereocenters. The fourth-order valence-electron chi connectivity index (χ4n) is 3.67. The third kappa shape index (κ3) is 5.21. The van der Waals surface area contributed by atoms with Gasteiger partial charge >= 0.3 is 0 Å². The van der Waals surface area contributed by atoms with Gasteiger partial charge < -0.3 is 14.7 Å². The lowest BCUT2D eigenvalue weighted by atomic mass is 10.1. The number of aryl methyl sites for hydroxylation is 2. The van der Waals surface area contributed by atoms with Crippen LogP contribution in [0.25, 0.3) is 0 Å². The van der Waals surface area contributed by atoms with Crippen LogP contribution in [0.5, 0.6) is 0 Å². The SMILES string of the molecule is Cc1ccc(S(=O)(=O)/N=c2\o[n-][n+](C)c2CN2C(=S)N(C)C(=O)C2CC(=O)Nc2ccccc2)cc1. The Kier molecular flexibility index (Phi) is 7.04. The second-order valence-electron chi connectivity index (χ2n) is 8.27. The summed E-state index contributed by atoms with van der Waals surface area (Å²) in [5.41, 5.74) is 1.53. The topological polar surface area (TPSA) is 130 Å². The van der Waals surface area contributed by atoms with E-state index in [9.17, 15) is 18.0 Å². The van der Waals surface area contributed by atoms with Crippen LogP contribution in [-0.2, 0) is 33.2 Å². The molecule has 13 heteroatoms. The molecule has 2 heterocycles. The predicted molar refractivity (Wildman–Crippen MR) is 132 cm³/mol. The van der Waals surface area contributed by atoms with Crippen LogP contribution in [0, 0.1) is 6.92 Å². The van der Waals surface area contributed by atoms with Gasteiger partial charge in [-0.05, 0) is 43.4 Å². The second-order valence-corrected chi connectivity index (χ2v) is 10.2. The lowest BCUT2D eigenvalue weighted by Gasteiger charge is -2.21. The third-order valence-electron chi connectivity index (χ3n) is 5.69. The highest BCUT2D eigenvalue weighted by atomic mass is 32.2. The lowest BCUT2D eigenvalue weighted by Crippen LogP contribution is -2.45. The summed E-state index contributed by atoms with van der Waals surface area (Å²) in [6.07, 6.45) is -0.165. The number of carbonyl (C=O) groups excluding carboxylic acids is 2. The molecule has 36 heavy (non-hydrogen) atoms. The monoisotopic (exact) mass is 528 g/mol. The largest absolute Gasteiger partial charge is 0.486 e. The van der Waals surface area contributed by atoms with E-state index in [-0.39, 0.29) is 46.0 Å². The summed E-state index contributed by atoms with van der Waals surface area (Å²) in [5, 5.41) is 6.74. The molecular weight excluding hydrogens is 504 g/mol. The number of aromatic nitrogens is 2. The van der Waals surface area contributed by atoms with Crippen molar-refractivity contribution >= 4 is 44.9 Å². The molecule has 0 saturated carbocycles. The Labute approximate surface area is 213 Å². The molecule has 1 atom stereocenters. The van der Waals surface area contributed by atoms with Gasteiger partial charge in [-0.25, -0.2) is 4.68 Å². The van der Waals surface area contributed by atoms with Crippen molar-refractivity contribution in [2.45, 2.75) is 30.8 Å². The third-order valence-corrected chi connectivity index (χ3v) is 7.47. The first-order chi connectivity index (χ1) is 17.1. The van der Waals surface area contributed by atoms with E-state index in [1.54, 1.807) is 43.4 Å². The van der Waals surface area contributed by atoms with E-state index in [0.717, 1.165) is 5.56 Å². The number of anilines is 1. The number of benzene rings is 2. The smallest absolute Gasteiger partial charge is 0.289 e. The quantitative estimate of drug-likeness (QED) is 0.349. The number of rotatable bonds is 7. The number of nitrogens with one attached hydrogen (secondary N) is 1. The van der Waals surface area contributed by atoms with Crippen molar-refractivity contribution in [2.24, 2.45) is 11.4 Å². The molecule has 0 radical (unpaired) electrons. The first-order valence-electron chi connectivity index (χ1n) is 10.9. The molecule has 1 saturated heterocycles. The van der Waals surface area contributed by atoms with Crippen molar-refractivity contribution in [1.29, 1.82) is 0 Å². The minimum Gasteiger partial charge on any atom is -0.486 e. The van der Waals surface area contributed by atoms with Crippen molar-refractivity contribution in [3.63, 3.8) is 0 Å². The average Bonchev–Trinajstić information content (AvgIpc) is 3.27. The van der Waals surface area contributed by atoms with E-state index >= 15 is 0 Å². The molecule has 0 aliphatic carbocycles. The molecule has 188 valence electrons. The standard InChI is InChI=1S/C23H24N6O5S2/c1-15-9-11-17(12-10-15)36(32,33)25-21-19(28(3)26-34-21)14-29-18(22(31)27(2)23(29)35)13-20(30)24-16-7-5-4-6-8-16/h4-12,18H,13-14H2,1-3H3,(H,24,30)/b25-21-. The van der Waals surface area contributed by atoms with Crippen LogP contribution in [-0.4, -0.2) is 48.2 Å². The fraction of sp³-hybridized carbons (Fsp3) is 0.261. The Bertz CT molecular complexity index is 1480. The van der Waals surface area contributed by atoms with Gasteiger partial charge in [0.1, 0.15) is 19.6 Å². The molecule has 3 aromatic rings. The number of likely N-dealkylation sites (N-methyl/N-ethyl adjacent to an activating group) is 1. The highest BCUT2D eigenvalue weighted by Crippen LogP contribution is 2.22. The number of hydrogen-bond donors (Lipinski definition) is 1. The first kappa shape index (κ1) is 25.3. The van der Waals surface area contributed by atoms with Gasteiger partial charge in [0.2, 0.25) is 5.91 Å². The van der Waals surface area contributed by atoms with Gasteiger partial charge in [-0.15, -0.1) is 4.40 Å². The van der Waals surface area contributed by atoms with Gasteiger partial charge in [0.05, 0.1) is 11.3 Å². The minimum absolute atomic E-state index is 0.000155. The summed E-state index contributed by atoms with van der Waals surface area (Å²) in [7, 11) is -1.01. The first-order valence-corrected chi connectivity index (χ1v) is 12.7. The van der Waals surface area contributed by atoms with Crippen LogP contribution in [0.3, 0.4) is 0 Å². The highest BCUT2D eigenvalue weighted by Gasteiger charge is 2.42. The Morgan fingerprint density at radius 1 is 1.19 bits per heavy atom. The van der Waals surface area contributed by atoms with Crippen molar-refractivity contribution in [3.8, 4) is 0 Å². The van der Waals surface area contributed by atoms with Gasteiger partial charge in [-0.1, -0.05) is 35.9 Å². The number of amides is 2. The van der Waals surface area contributed by atoms with Crippen LogP contribution in [0.15, 0.2) is 68.4 Å². The number of carbonyl (C=O) groups is 2. The van der Waals surface area contributed by atoms with E-state index < -0.39 is 16.1 Å². The van der Waals surface area contributed by atoms with Gasteiger partial charge in [-0.2, -0.15) is 8.42 Å². The molecule has 2 amide bonds. The van der Waals surface area contributed by atoms with E-state index in [0.29, 0.717) is 5.69 Å². The summed E-state index contributed by atoms with van der Waals surface area (Å²) in [4.78, 5) is 28.4. The maximum Gasteiger partial charge on any atom is 0.289 e. The Morgan fingerprint density at radius 2 is 1.86 bits per heavy atom. The fourth-order valence-corrected chi connectivity index (χ4v) is 4.90. The van der Waals surface area contributed by atoms with Crippen molar-refractivity contribution in [2.75, 3.05) is 12.4 Å². The van der Waals surface area contributed by atoms with Gasteiger partial charge in [0, 0.05) is 12.7 Å². The normalized spacial score (nSPS) is 16.6. The molecule has 1 fully saturated rings. The zero-order valence-electron chi connectivity index (χ0n) is 19.8. The summed E-state index contributed by atoms with van der Waals surface area (Å²) in [5.74, 6) is -0.725. The lowest BCUT2D eigenvalue weighted by molar-refractivity contribution is -0.752. The van der Waals surface area contributed by atoms with Crippen molar-refractivity contribution in [1.82, 2.24) is 15.1 Å². The molecule has 2 aromatic carbocycles. The van der Waals surface area contributed by atoms with Crippen molar-refractivity contribution < 1.29 is 27.2 Å². The molecule has 1 aliphatic heterocycles. The average molecular weight is 529 g/mol. The van der Waals surface area contributed by atoms with Gasteiger partial charge in [0.25, 0.3) is 27.2 Å². The molecule has 4 rings (SSSR count). The maximum atomic E-state index is 12.9. The summed E-state index contributed by atoms with van der Waals surface area (Å²) in [6.45, 7) is 1.79. The van der Waals surface area contributed by atoms with Crippen LogP contribution < -0.4 is 20.8 Å². The number of nitrogens with zero attached hydrogens (tertiary/aromatic N) is 5. The maximum absolute atomic E-state index is 12.9. The molecule has 0 bridgehead atoms. The molecule has 1 N–H and O–H groups in total. The predicted octanol–water partition coefficient (Wildman–Crippen LogP) is 0.616. The molecule has 1 aromatic heterocycles. The Balaban J connectivity index is 1.62. The van der Waals surface area contributed by atoms with Crippen molar-refractivity contribution in [3.05, 3.63) is 71.4 Å². The molecule has 0 spiro atoms. The minimum atomic E-state index is -4.09. The van der Waals surface area contributed by atoms with Crippen LogP contribution in [0.1, 0.15) is 17.7 Å². The van der Waals surface area contributed by atoms with E-state index in [1.807, 2.05) is 13.0 Å². The zero-order chi connectivity index (χ0) is 26.0. The highest BCUT2D eigenvalue weighted by molar-refractivity contribution is 7.90. The zero-order valence-corrected chi connectivity index (χ0v) is 21.4. The number of sulfonamides is 1. The van der Waals surface area contributed by atoms with Gasteiger partial charge in [0.15, 0.2) is 5.11 Å². The second kappa shape index (κ2) is 10.0. The van der Waals surface area contributed by atoms with Gasteiger partial charge in [-0.3, -0.25) is 19.8 Å². The number of para-hydroxylation sites is 1. The summed E-state index contributed by atoms with van der Waals surface area (Å²) >= 11 is 5.45. The van der Waals surface area contributed by atoms with E-state index in [2.05, 4.69) is 15.0 Å². The number of thiocarbonyl (C=S) groups is 1. The van der Waals surface area contributed by atoms with Crippen LogP contribution in [0.2, 0.25) is 0 Å². The summed E-state index contributed by atoms with van der Waals surface area (Å²) < 4.78 is 36.0. The Hall–Kier alpha value is -3.84. The summed E-state index contributed by atoms with van der Waals surface area (Å²) in [6, 6.07) is 14.2. The van der Waals surface area contributed by atoms with E-state index in [1.165, 1.54) is 33.7 Å². The molecule has 1 aliphatic rings. The van der Waals surface area contributed by atoms with Crippen LogP contribution in [0.4, 0.5) is 5.69 Å².